The van der Waals surface area contributed by atoms with Gasteiger partial charge in [-0.1, -0.05) is 31.5 Å². The van der Waals surface area contributed by atoms with Gasteiger partial charge in [0.2, 0.25) is 0 Å². The Morgan fingerprint density at radius 2 is 2.12 bits per heavy atom. The van der Waals surface area contributed by atoms with Crippen LogP contribution in [0.4, 0.5) is 0 Å². The van der Waals surface area contributed by atoms with Crippen LogP contribution in [0.3, 0.4) is 0 Å². The van der Waals surface area contributed by atoms with Crippen molar-refractivity contribution >= 4 is 11.8 Å². The molecule has 0 aliphatic heterocycles. The highest BCUT2D eigenvalue weighted by Gasteiger charge is 2.13. The average molecular weight is 253 g/mol. The summed E-state index contributed by atoms with van der Waals surface area (Å²) < 4.78 is 5.41. The number of benzene rings is 1. The Kier molecular flexibility index (Phi) is 7.13. The molecule has 3 heteroatoms. The normalized spacial score (nSPS) is 12.4. The van der Waals surface area contributed by atoms with Gasteiger partial charge in [-0.25, -0.2) is 0 Å². The van der Waals surface area contributed by atoms with Crippen molar-refractivity contribution in [1.29, 1.82) is 0 Å². The molecule has 2 nitrogen and oxygen atoms in total. The molecule has 96 valence electrons. The fourth-order valence-corrected chi connectivity index (χ4v) is 2.97. The minimum Gasteiger partial charge on any atom is -0.496 e. The summed E-state index contributed by atoms with van der Waals surface area (Å²) in [6.45, 7) is 2.23. The summed E-state index contributed by atoms with van der Waals surface area (Å²) in [4.78, 5) is 0. The maximum Gasteiger partial charge on any atom is 0.123 e. The summed E-state index contributed by atoms with van der Waals surface area (Å²) in [5.41, 5.74) is 1.25. The molecule has 0 aliphatic carbocycles. The Labute approximate surface area is 109 Å². The second-order valence-electron chi connectivity index (χ2n) is 4.01. The van der Waals surface area contributed by atoms with Gasteiger partial charge in [-0.2, -0.15) is 11.8 Å². The molecule has 0 saturated carbocycles. The lowest BCUT2D eigenvalue weighted by atomic mass is 10.1. The summed E-state index contributed by atoms with van der Waals surface area (Å²) in [6.07, 6.45) is 2.57. The lowest BCUT2D eigenvalue weighted by Gasteiger charge is -2.18. The van der Waals surface area contributed by atoms with Crippen LogP contribution in [0, 0.1) is 0 Å². The largest absolute Gasteiger partial charge is 0.496 e. The van der Waals surface area contributed by atoms with Gasteiger partial charge in [0.1, 0.15) is 5.75 Å². The van der Waals surface area contributed by atoms with Crippen LogP contribution in [0.1, 0.15) is 31.4 Å². The van der Waals surface area contributed by atoms with Gasteiger partial charge >= 0.3 is 0 Å². The Hall–Kier alpha value is -0.670. The molecule has 0 amide bonds. The van der Waals surface area contributed by atoms with Crippen LogP contribution >= 0.6 is 11.8 Å². The molecule has 0 bridgehead atoms. The van der Waals surface area contributed by atoms with Crippen LogP contribution in [0.2, 0.25) is 0 Å². The molecule has 0 heterocycles. The molecule has 1 aromatic rings. The molecule has 1 atom stereocenters. The Balaban J connectivity index is 2.59. The van der Waals surface area contributed by atoms with Gasteiger partial charge in [-0.3, -0.25) is 0 Å². The van der Waals surface area contributed by atoms with Crippen molar-refractivity contribution < 1.29 is 4.74 Å². The van der Waals surface area contributed by atoms with E-state index in [9.17, 15) is 0 Å². The standard InChI is InChI=1S/C14H23NOS/c1-4-5-10-17-11-13(15-2)12-8-6-7-9-14(12)16-3/h6-9,13,15H,4-5,10-11H2,1-3H3. The third-order valence-corrected chi connectivity index (χ3v) is 3.94. The van der Waals surface area contributed by atoms with Crippen LogP contribution in [-0.2, 0) is 0 Å². The van der Waals surface area contributed by atoms with Crippen molar-refractivity contribution in [2.45, 2.75) is 25.8 Å². The van der Waals surface area contributed by atoms with Crippen LogP contribution in [-0.4, -0.2) is 25.7 Å². The van der Waals surface area contributed by atoms with Gasteiger partial charge in [0, 0.05) is 17.4 Å². The number of ether oxygens (including phenoxy) is 1. The summed E-state index contributed by atoms with van der Waals surface area (Å²) in [5, 5.41) is 3.37. The van der Waals surface area contributed by atoms with Crippen LogP contribution < -0.4 is 10.1 Å². The topological polar surface area (TPSA) is 21.3 Å². The highest BCUT2D eigenvalue weighted by molar-refractivity contribution is 7.99. The van der Waals surface area contributed by atoms with Crippen molar-refractivity contribution in [2.75, 3.05) is 25.7 Å². The summed E-state index contributed by atoms with van der Waals surface area (Å²) in [6, 6.07) is 8.61. The monoisotopic (exact) mass is 253 g/mol. The van der Waals surface area contributed by atoms with Crippen molar-refractivity contribution in [3.05, 3.63) is 29.8 Å². The molecule has 1 rings (SSSR count). The van der Waals surface area contributed by atoms with Gasteiger partial charge in [-0.15, -0.1) is 0 Å². The Bertz CT molecular complexity index is 317. The lowest BCUT2D eigenvalue weighted by molar-refractivity contribution is 0.404. The van der Waals surface area contributed by atoms with Crippen molar-refractivity contribution in [3.8, 4) is 5.75 Å². The van der Waals surface area contributed by atoms with E-state index < -0.39 is 0 Å². The molecular formula is C14H23NOS. The predicted octanol–water partition coefficient (Wildman–Crippen LogP) is 3.49. The number of methoxy groups -OCH3 is 1. The summed E-state index contributed by atoms with van der Waals surface area (Å²) >= 11 is 2.01. The van der Waals surface area contributed by atoms with E-state index >= 15 is 0 Å². The fourth-order valence-electron chi connectivity index (χ4n) is 1.73. The zero-order valence-corrected chi connectivity index (χ0v) is 11.8. The second kappa shape index (κ2) is 8.43. The SMILES string of the molecule is CCCCSCC(NC)c1ccccc1OC. The third-order valence-electron chi connectivity index (χ3n) is 2.79. The fraction of sp³-hybridized carbons (Fsp3) is 0.571. The van der Waals surface area contributed by atoms with Crippen molar-refractivity contribution in [1.82, 2.24) is 5.32 Å². The van der Waals surface area contributed by atoms with E-state index in [2.05, 4.69) is 24.4 Å². The number of nitrogens with one attached hydrogen (secondary N) is 1. The highest BCUT2D eigenvalue weighted by Crippen LogP contribution is 2.27. The number of hydrogen-bond acceptors (Lipinski definition) is 3. The summed E-state index contributed by atoms with van der Waals surface area (Å²) in [5.74, 6) is 3.31. The maximum atomic E-state index is 5.41. The van der Waals surface area contributed by atoms with E-state index in [0.29, 0.717) is 6.04 Å². The molecule has 1 aromatic carbocycles. The number of hydrogen-bond donors (Lipinski definition) is 1. The smallest absolute Gasteiger partial charge is 0.123 e. The zero-order chi connectivity index (χ0) is 12.5. The molecule has 0 fully saturated rings. The van der Waals surface area contributed by atoms with E-state index in [1.807, 2.05) is 30.9 Å². The first-order chi connectivity index (χ1) is 8.33. The van der Waals surface area contributed by atoms with E-state index in [-0.39, 0.29) is 0 Å². The van der Waals surface area contributed by atoms with Gasteiger partial charge in [0.15, 0.2) is 0 Å². The summed E-state index contributed by atoms with van der Waals surface area (Å²) in [7, 11) is 3.74. The van der Waals surface area contributed by atoms with E-state index in [1.165, 1.54) is 24.2 Å². The average Bonchev–Trinajstić information content (AvgIpc) is 2.39. The van der Waals surface area contributed by atoms with Gasteiger partial charge in [0.05, 0.1) is 7.11 Å². The number of rotatable bonds is 8. The number of unbranched alkanes of at least 4 members (excludes halogenated alkanes) is 1. The van der Waals surface area contributed by atoms with Gasteiger partial charge < -0.3 is 10.1 Å². The molecule has 0 radical (unpaired) electrons. The molecular weight excluding hydrogens is 230 g/mol. The number of thioether (sulfide) groups is 1. The molecule has 1 N–H and O–H groups in total. The van der Waals surface area contributed by atoms with Crippen molar-refractivity contribution in [2.24, 2.45) is 0 Å². The molecule has 1 unspecified atom stereocenters. The maximum absolute atomic E-state index is 5.41. The predicted molar refractivity (Wildman–Crippen MR) is 77.0 cm³/mol. The van der Waals surface area contributed by atoms with Crippen LogP contribution in [0.5, 0.6) is 5.75 Å². The Morgan fingerprint density at radius 3 is 2.76 bits per heavy atom. The molecule has 0 spiro atoms. The third kappa shape index (κ3) is 4.60. The van der Waals surface area contributed by atoms with Gasteiger partial charge in [0.25, 0.3) is 0 Å². The number of para-hydroxylation sites is 1. The minimum atomic E-state index is 0.369. The first kappa shape index (κ1) is 14.4. The van der Waals surface area contributed by atoms with Gasteiger partial charge in [-0.05, 0) is 25.3 Å². The second-order valence-corrected chi connectivity index (χ2v) is 5.16. The van der Waals surface area contributed by atoms with Crippen LogP contribution in [0.15, 0.2) is 24.3 Å². The molecule has 0 saturated heterocycles. The van der Waals surface area contributed by atoms with E-state index in [0.717, 1.165) is 11.5 Å². The van der Waals surface area contributed by atoms with Crippen LogP contribution in [0.25, 0.3) is 0 Å². The first-order valence-electron chi connectivity index (χ1n) is 6.21. The van der Waals surface area contributed by atoms with E-state index in [4.69, 9.17) is 4.74 Å². The highest BCUT2D eigenvalue weighted by atomic mass is 32.2. The first-order valence-corrected chi connectivity index (χ1v) is 7.36. The molecule has 0 aliphatic rings. The minimum absolute atomic E-state index is 0.369. The van der Waals surface area contributed by atoms with Crippen molar-refractivity contribution in [3.63, 3.8) is 0 Å². The molecule has 17 heavy (non-hydrogen) atoms. The lowest BCUT2D eigenvalue weighted by Crippen LogP contribution is -2.19. The molecule has 0 aromatic heterocycles. The van der Waals surface area contributed by atoms with E-state index in [1.54, 1.807) is 7.11 Å². The zero-order valence-electron chi connectivity index (χ0n) is 11.0. The Morgan fingerprint density at radius 1 is 1.35 bits per heavy atom. The quantitative estimate of drug-likeness (QED) is 0.717.